The molecule has 1 aliphatic heterocycles. The lowest BCUT2D eigenvalue weighted by molar-refractivity contribution is -0.290. The number of aliphatic hydroxyl groups is 1. The zero-order chi connectivity index (χ0) is 16.7. The minimum atomic E-state index is -5.20. The lowest BCUT2D eigenvalue weighted by Crippen LogP contribution is -2.72. The van der Waals surface area contributed by atoms with Gasteiger partial charge in [-0.25, -0.2) is 4.79 Å². The van der Waals surface area contributed by atoms with Gasteiger partial charge in [0.25, 0.3) is 0 Å². The molecule has 1 fully saturated rings. The van der Waals surface area contributed by atoms with E-state index in [9.17, 15) is 27.9 Å². The van der Waals surface area contributed by atoms with E-state index in [2.05, 4.69) is 21.2 Å². The fraction of sp³-hybridized carbons (Fsp3) is 0.385. The van der Waals surface area contributed by atoms with Crippen molar-refractivity contribution in [2.75, 3.05) is 0 Å². The Balaban J connectivity index is 2.54. The summed E-state index contributed by atoms with van der Waals surface area (Å²) in [6, 6.07) is 3.55. The van der Waals surface area contributed by atoms with Gasteiger partial charge in [-0.3, -0.25) is 4.79 Å². The van der Waals surface area contributed by atoms with Gasteiger partial charge in [0, 0.05) is 4.47 Å². The Kier molecular flexibility index (Phi) is 4.22. The van der Waals surface area contributed by atoms with Crippen molar-refractivity contribution in [1.82, 2.24) is 10.6 Å². The summed E-state index contributed by atoms with van der Waals surface area (Å²) in [5.41, 5.74) is -3.35. The first-order valence-electron chi connectivity index (χ1n) is 6.20. The second-order valence-corrected chi connectivity index (χ2v) is 5.90. The van der Waals surface area contributed by atoms with E-state index >= 15 is 0 Å². The molecule has 5 nitrogen and oxygen atoms in total. The van der Waals surface area contributed by atoms with Crippen LogP contribution in [-0.4, -0.2) is 28.8 Å². The summed E-state index contributed by atoms with van der Waals surface area (Å²) in [5.74, 6) is -2.81. The van der Waals surface area contributed by atoms with Gasteiger partial charge in [0.1, 0.15) is 5.78 Å². The average Bonchev–Trinajstić information content (AvgIpc) is 2.36. The van der Waals surface area contributed by atoms with E-state index in [0.29, 0.717) is 4.47 Å². The quantitative estimate of drug-likeness (QED) is 0.736. The summed E-state index contributed by atoms with van der Waals surface area (Å²) in [7, 11) is 0. The van der Waals surface area contributed by atoms with Crippen LogP contribution in [0, 0.1) is 5.92 Å². The molecular formula is C13H12BrF3N2O3. The molecule has 0 radical (unpaired) electrons. The topological polar surface area (TPSA) is 78.4 Å². The van der Waals surface area contributed by atoms with Crippen molar-refractivity contribution >= 4 is 27.7 Å². The number of rotatable bonds is 2. The van der Waals surface area contributed by atoms with Crippen LogP contribution in [0.4, 0.5) is 18.0 Å². The summed E-state index contributed by atoms with van der Waals surface area (Å²) in [4.78, 5) is 23.3. The SMILES string of the molecule is CC(=O)[C@@H]1[C@@H](c2ccc(Br)cc2)NC(=O)N[C@]1(O)C(F)(F)F. The Morgan fingerprint density at radius 2 is 1.86 bits per heavy atom. The first-order valence-corrected chi connectivity index (χ1v) is 6.99. The van der Waals surface area contributed by atoms with Crippen molar-refractivity contribution in [3.05, 3.63) is 34.3 Å². The molecule has 0 aliphatic carbocycles. The van der Waals surface area contributed by atoms with Crippen LogP contribution in [0.25, 0.3) is 0 Å². The van der Waals surface area contributed by atoms with Crippen LogP contribution < -0.4 is 10.6 Å². The molecule has 1 aromatic rings. The summed E-state index contributed by atoms with van der Waals surface area (Å²) in [6.45, 7) is 0.937. The third kappa shape index (κ3) is 2.82. The molecule has 9 heteroatoms. The first-order chi connectivity index (χ1) is 10.1. The number of carbonyl (C=O) groups excluding carboxylic acids is 2. The highest BCUT2D eigenvalue weighted by atomic mass is 79.9. The van der Waals surface area contributed by atoms with Gasteiger partial charge >= 0.3 is 12.2 Å². The van der Waals surface area contributed by atoms with Crippen molar-refractivity contribution < 1.29 is 27.9 Å². The molecule has 22 heavy (non-hydrogen) atoms. The van der Waals surface area contributed by atoms with Gasteiger partial charge in [-0.1, -0.05) is 28.1 Å². The number of Topliss-reactive ketones (excluding diaryl/α,β-unsaturated/α-hetero) is 1. The molecule has 3 atom stereocenters. The summed E-state index contributed by atoms with van der Waals surface area (Å²) >= 11 is 3.18. The Bertz CT molecular complexity index is 606. The van der Waals surface area contributed by atoms with Gasteiger partial charge in [0.05, 0.1) is 12.0 Å². The number of ketones is 1. The monoisotopic (exact) mass is 380 g/mol. The highest BCUT2D eigenvalue weighted by molar-refractivity contribution is 9.10. The van der Waals surface area contributed by atoms with E-state index in [1.54, 1.807) is 12.1 Å². The number of benzene rings is 1. The van der Waals surface area contributed by atoms with Crippen molar-refractivity contribution in [3.8, 4) is 0 Å². The predicted octanol–water partition coefficient (Wildman–Crippen LogP) is 2.26. The molecule has 3 N–H and O–H groups in total. The number of nitrogens with one attached hydrogen (secondary N) is 2. The number of hydrogen-bond donors (Lipinski definition) is 3. The van der Waals surface area contributed by atoms with Crippen LogP contribution in [0.1, 0.15) is 18.5 Å². The lowest BCUT2D eigenvalue weighted by Gasteiger charge is -2.44. The minimum absolute atomic E-state index is 0.279. The van der Waals surface area contributed by atoms with Crippen LogP contribution in [0.15, 0.2) is 28.7 Å². The molecule has 0 unspecified atom stereocenters. The van der Waals surface area contributed by atoms with E-state index in [0.717, 1.165) is 6.92 Å². The van der Waals surface area contributed by atoms with Crippen LogP contribution in [0.2, 0.25) is 0 Å². The van der Waals surface area contributed by atoms with Gasteiger partial charge in [0.15, 0.2) is 0 Å². The second kappa shape index (κ2) is 5.54. The third-order valence-electron chi connectivity index (χ3n) is 3.47. The van der Waals surface area contributed by atoms with Gasteiger partial charge in [0.2, 0.25) is 5.72 Å². The largest absolute Gasteiger partial charge is 0.437 e. The third-order valence-corrected chi connectivity index (χ3v) is 4.00. The van der Waals surface area contributed by atoms with Crippen molar-refractivity contribution in [3.63, 3.8) is 0 Å². The molecule has 0 aromatic heterocycles. The normalized spacial score (nSPS) is 28.7. The number of urea groups is 1. The Morgan fingerprint density at radius 3 is 2.32 bits per heavy atom. The second-order valence-electron chi connectivity index (χ2n) is 4.98. The first kappa shape index (κ1) is 16.8. The highest BCUT2D eigenvalue weighted by Gasteiger charge is 2.65. The summed E-state index contributed by atoms with van der Waals surface area (Å²) in [6.07, 6.45) is -5.20. The standard InChI is InChI=1S/C13H12BrF3N2O3/c1-6(20)9-10(7-2-4-8(14)5-3-7)18-11(21)19-12(9,22)13(15,16)17/h2-5,9-10,22H,1H3,(H2,18,19,21)/t9-,10-,12-/m1/s1. The predicted molar refractivity (Wildman–Crippen MR) is 73.7 cm³/mol. The van der Waals surface area contributed by atoms with Crippen LogP contribution >= 0.6 is 15.9 Å². The van der Waals surface area contributed by atoms with Gasteiger partial charge in [-0.2, -0.15) is 13.2 Å². The number of hydrogen-bond acceptors (Lipinski definition) is 3. The molecule has 2 amide bonds. The number of alkyl halides is 3. The molecule has 0 spiro atoms. The number of halogens is 4. The summed E-state index contributed by atoms with van der Waals surface area (Å²) in [5, 5.41) is 13.7. The van der Waals surface area contributed by atoms with E-state index in [-0.39, 0.29) is 5.56 Å². The van der Waals surface area contributed by atoms with E-state index in [1.165, 1.54) is 17.4 Å². The number of amides is 2. The molecule has 0 saturated carbocycles. The van der Waals surface area contributed by atoms with E-state index < -0.39 is 35.7 Å². The van der Waals surface area contributed by atoms with E-state index in [4.69, 9.17) is 0 Å². The molecular weight excluding hydrogens is 369 g/mol. The van der Waals surface area contributed by atoms with Gasteiger partial charge in [-0.05, 0) is 24.6 Å². The molecule has 0 bridgehead atoms. The average molecular weight is 381 g/mol. The van der Waals surface area contributed by atoms with Crippen molar-refractivity contribution in [2.45, 2.75) is 24.9 Å². The maximum absolute atomic E-state index is 13.2. The van der Waals surface area contributed by atoms with Crippen molar-refractivity contribution in [2.24, 2.45) is 5.92 Å². The molecule has 1 heterocycles. The van der Waals surface area contributed by atoms with Crippen LogP contribution in [-0.2, 0) is 4.79 Å². The van der Waals surface area contributed by atoms with E-state index in [1.807, 2.05) is 0 Å². The maximum Gasteiger partial charge on any atom is 0.437 e. The molecule has 1 aliphatic rings. The van der Waals surface area contributed by atoms with Crippen LogP contribution in [0.5, 0.6) is 0 Å². The Hall–Kier alpha value is -1.61. The zero-order valence-electron chi connectivity index (χ0n) is 11.2. The lowest BCUT2D eigenvalue weighted by atomic mass is 9.79. The van der Waals surface area contributed by atoms with Crippen LogP contribution in [0.3, 0.4) is 0 Å². The van der Waals surface area contributed by atoms with Gasteiger partial charge < -0.3 is 15.7 Å². The minimum Gasteiger partial charge on any atom is -0.363 e. The molecule has 2 rings (SSSR count). The maximum atomic E-state index is 13.2. The fourth-order valence-electron chi connectivity index (χ4n) is 2.47. The zero-order valence-corrected chi connectivity index (χ0v) is 12.8. The molecule has 120 valence electrons. The molecule has 1 aromatic carbocycles. The van der Waals surface area contributed by atoms with Crippen molar-refractivity contribution in [1.29, 1.82) is 0 Å². The Labute approximate surface area is 132 Å². The molecule has 1 saturated heterocycles. The summed E-state index contributed by atoms with van der Waals surface area (Å²) < 4.78 is 40.3. The van der Waals surface area contributed by atoms with Gasteiger partial charge in [-0.15, -0.1) is 0 Å². The Morgan fingerprint density at radius 1 is 1.32 bits per heavy atom. The smallest absolute Gasteiger partial charge is 0.363 e. The fourth-order valence-corrected chi connectivity index (χ4v) is 2.74. The number of carbonyl (C=O) groups is 2. The highest BCUT2D eigenvalue weighted by Crippen LogP contribution is 2.42.